The third kappa shape index (κ3) is 4.30. The fourth-order valence-corrected chi connectivity index (χ4v) is 3.39. The summed E-state index contributed by atoms with van der Waals surface area (Å²) in [6, 6.07) is 7.88. The summed E-state index contributed by atoms with van der Waals surface area (Å²) in [6.45, 7) is 2.28. The minimum atomic E-state index is -3.65. The maximum atomic E-state index is 12.5. The van der Waals surface area contributed by atoms with E-state index in [9.17, 15) is 8.42 Å². The number of rotatable bonds is 8. The van der Waals surface area contributed by atoms with Crippen molar-refractivity contribution in [3.05, 3.63) is 29.8 Å². The molecule has 0 amide bonds. The fourth-order valence-electron chi connectivity index (χ4n) is 1.88. The van der Waals surface area contributed by atoms with Crippen LogP contribution in [0.5, 0.6) is 0 Å². The monoisotopic (exact) mass is 296 g/mol. The van der Waals surface area contributed by atoms with Gasteiger partial charge in [0.15, 0.2) is 0 Å². The third-order valence-electron chi connectivity index (χ3n) is 2.96. The molecule has 0 aromatic heterocycles. The van der Waals surface area contributed by atoms with Crippen molar-refractivity contribution >= 4 is 10.0 Å². The van der Waals surface area contributed by atoms with Crippen molar-refractivity contribution in [2.24, 2.45) is 0 Å². The molecule has 0 saturated heterocycles. The van der Waals surface area contributed by atoms with Gasteiger partial charge in [-0.1, -0.05) is 25.8 Å². The van der Waals surface area contributed by atoms with Crippen LogP contribution in [0.4, 0.5) is 0 Å². The van der Waals surface area contributed by atoms with Crippen molar-refractivity contribution in [1.82, 2.24) is 4.31 Å². The van der Waals surface area contributed by atoms with Gasteiger partial charge in [0.1, 0.15) is 0 Å². The Kier molecular flexibility index (Phi) is 6.65. The van der Waals surface area contributed by atoms with Crippen molar-refractivity contribution < 1.29 is 13.5 Å². The highest BCUT2D eigenvalue weighted by Crippen LogP contribution is 2.17. The largest absolute Gasteiger partial charge is 0.395 e. The van der Waals surface area contributed by atoms with Crippen LogP contribution in [0.3, 0.4) is 0 Å². The second-order valence-corrected chi connectivity index (χ2v) is 6.41. The van der Waals surface area contributed by atoms with E-state index in [1.807, 2.05) is 13.0 Å². The average molecular weight is 296 g/mol. The first kappa shape index (κ1) is 16.6. The highest BCUT2D eigenvalue weighted by atomic mass is 32.2. The number of sulfonamides is 1. The lowest BCUT2D eigenvalue weighted by molar-refractivity contribution is 0.252. The number of nitrogens with zero attached hydrogens (tertiary/aromatic N) is 2. The Balaban J connectivity index is 2.99. The Hall–Kier alpha value is -1.42. The number of hydrogen-bond donors (Lipinski definition) is 1. The van der Waals surface area contributed by atoms with Gasteiger partial charge in [0.2, 0.25) is 10.0 Å². The second-order valence-electron chi connectivity index (χ2n) is 4.47. The van der Waals surface area contributed by atoms with E-state index >= 15 is 0 Å². The molecule has 0 spiro atoms. The number of benzene rings is 1. The minimum absolute atomic E-state index is 0.0723. The standard InChI is InChI=1S/C14H20N2O3S/c1-2-3-4-8-16(9-10-17)20(18,19)14-7-5-6-13(11-14)12-15/h5-7,11,17H,2-4,8-10H2,1H3. The van der Waals surface area contributed by atoms with Gasteiger partial charge in [0.25, 0.3) is 0 Å². The van der Waals surface area contributed by atoms with Crippen LogP contribution in [0.15, 0.2) is 29.2 Å². The van der Waals surface area contributed by atoms with E-state index in [2.05, 4.69) is 0 Å². The molecule has 0 aliphatic carbocycles. The Morgan fingerprint density at radius 3 is 2.65 bits per heavy atom. The highest BCUT2D eigenvalue weighted by Gasteiger charge is 2.23. The summed E-state index contributed by atoms with van der Waals surface area (Å²) < 4.78 is 26.3. The molecule has 110 valence electrons. The molecule has 0 bridgehead atoms. The van der Waals surface area contributed by atoms with E-state index in [-0.39, 0.29) is 18.0 Å². The Labute approximate surface area is 120 Å². The molecule has 0 unspecified atom stereocenters. The van der Waals surface area contributed by atoms with Gasteiger partial charge in [-0.05, 0) is 24.6 Å². The van der Waals surface area contributed by atoms with Gasteiger partial charge in [-0.2, -0.15) is 9.57 Å². The molecule has 0 aliphatic heterocycles. The Morgan fingerprint density at radius 1 is 1.30 bits per heavy atom. The molecule has 0 heterocycles. The van der Waals surface area contributed by atoms with Crippen molar-refractivity contribution in [2.45, 2.75) is 31.1 Å². The van der Waals surface area contributed by atoms with E-state index in [0.717, 1.165) is 19.3 Å². The Bertz CT molecular complexity index is 564. The Morgan fingerprint density at radius 2 is 2.05 bits per heavy atom. The van der Waals surface area contributed by atoms with Crippen LogP contribution in [0.1, 0.15) is 31.7 Å². The molecule has 0 aliphatic rings. The van der Waals surface area contributed by atoms with Gasteiger partial charge in [-0.25, -0.2) is 8.42 Å². The van der Waals surface area contributed by atoms with Gasteiger partial charge in [-0.15, -0.1) is 0 Å². The van der Waals surface area contributed by atoms with Crippen LogP contribution in [0, 0.1) is 11.3 Å². The third-order valence-corrected chi connectivity index (χ3v) is 4.86. The predicted molar refractivity (Wildman–Crippen MR) is 76.5 cm³/mol. The number of unbranched alkanes of at least 4 members (excludes halogenated alkanes) is 2. The van der Waals surface area contributed by atoms with Crippen molar-refractivity contribution in [1.29, 1.82) is 5.26 Å². The normalized spacial score (nSPS) is 11.5. The van der Waals surface area contributed by atoms with Crippen LogP contribution in [0.2, 0.25) is 0 Å². The minimum Gasteiger partial charge on any atom is -0.395 e. The van der Waals surface area contributed by atoms with E-state index in [1.54, 1.807) is 12.1 Å². The van der Waals surface area contributed by atoms with E-state index < -0.39 is 10.0 Å². The predicted octanol–water partition coefficient (Wildman–Crippen LogP) is 1.73. The van der Waals surface area contributed by atoms with Crippen molar-refractivity contribution in [3.63, 3.8) is 0 Å². The van der Waals surface area contributed by atoms with Crippen LogP contribution in [0.25, 0.3) is 0 Å². The molecule has 1 N–H and O–H groups in total. The molecule has 0 saturated carbocycles. The topological polar surface area (TPSA) is 81.4 Å². The van der Waals surface area contributed by atoms with Gasteiger partial charge in [0.05, 0.1) is 23.1 Å². The number of aliphatic hydroxyl groups excluding tert-OH is 1. The molecular formula is C14H20N2O3S. The van der Waals surface area contributed by atoms with Gasteiger partial charge < -0.3 is 5.11 Å². The summed E-state index contributed by atoms with van der Waals surface area (Å²) in [5, 5.41) is 17.9. The maximum Gasteiger partial charge on any atom is 0.243 e. The molecule has 5 nitrogen and oxygen atoms in total. The summed E-state index contributed by atoms with van der Waals surface area (Å²) in [5.74, 6) is 0. The zero-order valence-electron chi connectivity index (χ0n) is 11.6. The lowest BCUT2D eigenvalue weighted by Gasteiger charge is -2.21. The van der Waals surface area contributed by atoms with Crippen LogP contribution >= 0.6 is 0 Å². The van der Waals surface area contributed by atoms with Gasteiger partial charge >= 0.3 is 0 Å². The van der Waals surface area contributed by atoms with Crippen molar-refractivity contribution in [2.75, 3.05) is 19.7 Å². The quantitative estimate of drug-likeness (QED) is 0.741. The molecule has 1 aromatic rings. The summed E-state index contributed by atoms with van der Waals surface area (Å²) in [5.41, 5.74) is 0.309. The summed E-state index contributed by atoms with van der Waals surface area (Å²) in [7, 11) is -3.65. The maximum absolute atomic E-state index is 12.5. The smallest absolute Gasteiger partial charge is 0.243 e. The lowest BCUT2D eigenvalue weighted by atomic mass is 10.2. The molecule has 0 radical (unpaired) electrons. The molecule has 0 atom stereocenters. The highest BCUT2D eigenvalue weighted by molar-refractivity contribution is 7.89. The number of hydrogen-bond acceptors (Lipinski definition) is 4. The first-order valence-electron chi connectivity index (χ1n) is 6.67. The number of aliphatic hydroxyl groups is 1. The van der Waals surface area contributed by atoms with Gasteiger partial charge in [-0.3, -0.25) is 0 Å². The SMILES string of the molecule is CCCCCN(CCO)S(=O)(=O)c1cccc(C#N)c1. The van der Waals surface area contributed by atoms with E-state index in [4.69, 9.17) is 10.4 Å². The van der Waals surface area contributed by atoms with Gasteiger partial charge in [0, 0.05) is 13.1 Å². The fraction of sp³-hybridized carbons (Fsp3) is 0.500. The zero-order valence-corrected chi connectivity index (χ0v) is 12.4. The molecule has 20 heavy (non-hydrogen) atoms. The summed E-state index contributed by atoms with van der Waals surface area (Å²) in [4.78, 5) is 0.0986. The average Bonchev–Trinajstić information content (AvgIpc) is 2.46. The molecular weight excluding hydrogens is 276 g/mol. The zero-order chi connectivity index (χ0) is 15.0. The molecule has 6 heteroatoms. The van der Waals surface area contributed by atoms with Crippen LogP contribution in [-0.4, -0.2) is 37.5 Å². The summed E-state index contributed by atoms with van der Waals surface area (Å²) in [6.07, 6.45) is 2.69. The molecule has 0 fully saturated rings. The van der Waals surface area contributed by atoms with Crippen LogP contribution in [-0.2, 0) is 10.0 Å². The van der Waals surface area contributed by atoms with Crippen LogP contribution < -0.4 is 0 Å². The van der Waals surface area contributed by atoms with E-state index in [0.29, 0.717) is 12.1 Å². The molecule has 1 aromatic carbocycles. The first-order valence-corrected chi connectivity index (χ1v) is 8.11. The number of nitriles is 1. The first-order chi connectivity index (χ1) is 9.56. The summed E-state index contributed by atoms with van der Waals surface area (Å²) >= 11 is 0. The van der Waals surface area contributed by atoms with E-state index in [1.165, 1.54) is 16.4 Å². The second kappa shape index (κ2) is 8.00. The molecule has 1 rings (SSSR count). The van der Waals surface area contributed by atoms with Crippen molar-refractivity contribution in [3.8, 4) is 6.07 Å². The lowest BCUT2D eigenvalue weighted by Crippen LogP contribution is -2.34.